The smallest absolute Gasteiger partial charge is 0.251 e. The summed E-state index contributed by atoms with van der Waals surface area (Å²) in [6.07, 6.45) is 0.984. The Morgan fingerprint density at radius 1 is 1.37 bits per heavy atom. The molecule has 0 bridgehead atoms. The van der Waals surface area contributed by atoms with E-state index in [1.807, 2.05) is 31.2 Å². The van der Waals surface area contributed by atoms with Crippen molar-refractivity contribution in [1.29, 1.82) is 0 Å². The van der Waals surface area contributed by atoms with Crippen LogP contribution < -0.4 is 5.32 Å². The van der Waals surface area contributed by atoms with Crippen molar-refractivity contribution >= 4 is 5.91 Å². The SMILES string of the molecule is Cc1cccc(C(=O)NCCCN2CCOCC2)c1. The van der Waals surface area contributed by atoms with Crippen molar-refractivity contribution in [2.75, 3.05) is 39.4 Å². The number of nitrogens with one attached hydrogen (secondary N) is 1. The van der Waals surface area contributed by atoms with Crippen molar-refractivity contribution in [3.63, 3.8) is 0 Å². The van der Waals surface area contributed by atoms with Gasteiger partial charge in [0.05, 0.1) is 13.2 Å². The number of benzene rings is 1. The standard InChI is InChI=1S/C15H22N2O2/c1-13-4-2-5-14(12-13)15(18)16-6-3-7-17-8-10-19-11-9-17/h2,4-5,12H,3,6-11H2,1H3,(H,16,18). The highest BCUT2D eigenvalue weighted by Gasteiger charge is 2.10. The zero-order valence-corrected chi connectivity index (χ0v) is 11.5. The Kier molecular flexibility index (Phi) is 5.36. The fraction of sp³-hybridized carbons (Fsp3) is 0.533. The molecule has 1 saturated heterocycles. The predicted molar refractivity (Wildman–Crippen MR) is 75.4 cm³/mol. The third-order valence-electron chi connectivity index (χ3n) is 3.32. The van der Waals surface area contributed by atoms with Crippen LogP contribution >= 0.6 is 0 Å². The second kappa shape index (κ2) is 7.26. The van der Waals surface area contributed by atoms with Crippen LogP contribution in [0.3, 0.4) is 0 Å². The minimum atomic E-state index is 0.0191. The average Bonchev–Trinajstić information content (AvgIpc) is 2.44. The number of carbonyl (C=O) groups excluding carboxylic acids is 1. The van der Waals surface area contributed by atoms with Crippen LogP contribution in [0, 0.1) is 6.92 Å². The number of aryl methyl sites for hydroxylation is 1. The number of amides is 1. The molecule has 0 aliphatic carbocycles. The summed E-state index contributed by atoms with van der Waals surface area (Å²) in [5.41, 5.74) is 1.85. The molecule has 19 heavy (non-hydrogen) atoms. The van der Waals surface area contributed by atoms with Gasteiger partial charge >= 0.3 is 0 Å². The Bertz CT molecular complexity index is 414. The lowest BCUT2D eigenvalue weighted by molar-refractivity contribution is 0.0374. The molecule has 1 N–H and O–H groups in total. The Morgan fingerprint density at radius 3 is 2.89 bits per heavy atom. The Balaban J connectivity index is 1.66. The zero-order valence-electron chi connectivity index (χ0n) is 11.5. The van der Waals surface area contributed by atoms with Crippen LogP contribution in [0.15, 0.2) is 24.3 Å². The molecule has 4 heteroatoms. The molecule has 0 aromatic heterocycles. The lowest BCUT2D eigenvalue weighted by atomic mass is 10.1. The Hall–Kier alpha value is -1.39. The maximum absolute atomic E-state index is 11.9. The van der Waals surface area contributed by atoms with E-state index in [0.29, 0.717) is 0 Å². The number of hydrogen-bond donors (Lipinski definition) is 1. The molecule has 1 aromatic carbocycles. The molecular formula is C15H22N2O2. The van der Waals surface area contributed by atoms with E-state index < -0.39 is 0 Å². The molecule has 1 aliphatic heterocycles. The molecule has 0 radical (unpaired) electrons. The van der Waals surface area contributed by atoms with E-state index in [1.54, 1.807) is 0 Å². The minimum Gasteiger partial charge on any atom is -0.379 e. The minimum absolute atomic E-state index is 0.0191. The van der Waals surface area contributed by atoms with Crippen molar-refractivity contribution in [2.45, 2.75) is 13.3 Å². The lowest BCUT2D eigenvalue weighted by Crippen LogP contribution is -2.38. The van der Waals surface area contributed by atoms with E-state index in [9.17, 15) is 4.79 Å². The molecule has 1 fully saturated rings. The normalized spacial score (nSPS) is 16.3. The zero-order chi connectivity index (χ0) is 13.5. The van der Waals surface area contributed by atoms with E-state index in [4.69, 9.17) is 4.74 Å². The molecule has 0 spiro atoms. The van der Waals surface area contributed by atoms with Gasteiger partial charge in [0.25, 0.3) is 5.91 Å². The molecule has 0 atom stereocenters. The monoisotopic (exact) mass is 262 g/mol. The van der Waals surface area contributed by atoms with Gasteiger partial charge in [-0.1, -0.05) is 17.7 Å². The quantitative estimate of drug-likeness (QED) is 0.817. The van der Waals surface area contributed by atoms with E-state index in [1.165, 1.54) is 0 Å². The van der Waals surface area contributed by atoms with Crippen molar-refractivity contribution in [1.82, 2.24) is 10.2 Å². The van der Waals surface area contributed by atoms with E-state index >= 15 is 0 Å². The van der Waals surface area contributed by atoms with Gasteiger partial charge in [0.1, 0.15) is 0 Å². The van der Waals surface area contributed by atoms with Crippen molar-refractivity contribution in [3.8, 4) is 0 Å². The Labute approximate surface area is 114 Å². The number of rotatable bonds is 5. The van der Waals surface area contributed by atoms with Gasteiger partial charge in [-0.15, -0.1) is 0 Å². The van der Waals surface area contributed by atoms with E-state index in [2.05, 4.69) is 10.2 Å². The van der Waals surface area contributed by atoms with Crippen LogP contribution in [0.1, 0.15) is 22.3 Å². The summed E-state index contributed by atoms with van der Waals surface area (Å²) in [5.74, 6) is 0.0191. The number of morpholine rings is 1. The van der Waals surface area contributed by atoms with Crippen LogP contribution in [-0.2, 0) is 4.74 Å². The largest absolute Gasteiger partial charge is 0.379 e. The van der Waals surface area contributed by atoms with Crippen LogP contribution in [0.4, 0.5) is 0 Å². The maximum atomic E-state index is 11.9. The summed E-state index contributed by atoms with van der Waals surface area (Å²) in [7, 11) is 0. The second-order valence-electron chi connectivity index (χ2n) is 4.93. The van der Waals surface area contributed by atoms with Gasteiger partial charge < -0.3 is 10.1 Å². The first-order valence-corrected chi connectivity index (χ1v) is 6.91. The lowest BCUT2D eigenvalue weighted by Gasteiger charge is -2.26. The summed E-state index contributed by atoms with van der Waals surface area (Å²) in [6.45, 7) is 7.42. The predicted octanol–water partition coefficient (Wildman–Crippen LogP) is 1.45. The number of hydrogen-bond acceptors (Lipinski definition) is 3. The fourth-order valence-corrected chi connectivity index (χ4v) is 2.22. The molecule has 1 aromatic rings. The molecule has 1 amide bonds. The third kappa shape index (κ3) is 4.65. The van der Waals surface area contributed by atoms with Gasteiger partial charge in [-0.2, -0.15) is 0 Å². The van der Waals surface area contributed by atoms with Gasteiger partial charge in [0.2, 0.25) is 0 Å². The first kappa shape index (κ1) is 14.0. The number of ether oxygens (including phenoxy) is 1. The molecule has 1 heterocycles. The molecule has 1 aliphatic rings. The van der Waals surface area contributed by atoms with Crippen LogP contribution in [0.5, 0.6) is 0 Å². The summed E-state index contributed by atoms with van der Waals surface area (Å²) in [4.78, 5) is 14.3. The summed E-state index contributed by atoms with van der Waals surface area (Å²) < 4.78 is 5.30. The van der Waals surface area contributed by atoms with E-state index in [-0.39, 0.29) is 5.91 Å². The van der Waals surface area contributed by atoms with Gasteiger partial charge in [-0.3, -0.25) is 9.69 Å². The van der Waals surface area contributed by atoms with Crippen LogP contribution in [0.2, 0.25) is 0 Å². The third-order valence-corrected chi connectivity index (χ3v) is 3.32. The van der Waals surface area contributed by atoms with Crippen molar-refractivity contribution in [2.24, 2.45) is 0 Å². The molecule has 2 rings (SSSR count). The molecule has 0 unspecified atom stereocenters. The van der Waals surface area contributed by atoms with Crippen molar-refractivity contribution in [3.05, 3.63) is 35.4 Å². The highest BCUT2D eigenvalue weighted by molar-refractivity contribution is 5.94. The molecule has 4 nitrogen and oxygen atoms in total. The van der Waals surface area contributed by atoms with Gasteiger partial charge in [-0.25, -0.2) is 0 Å². The average molecular weight is 262 g/mol. The Morgan fingerprint density at radius 2 is 2.16 bits per heavy atom. The first-order chi connectivity index (χ1) is 9.25. The van der Waals surface area contributed by atoms with Gasteiger partial charge in [0, 0.05) is 25.2 Å². The molecular weight excluding hydrogens is 240 g/mol. The summed E-state index contributed by atoms with van der Waals surface area (Å²) in [6, 6.07) is 7.68. The van der Waals surface area contributed by atoms with Crippen LogP contribution in [0.25, 0.3) is 0 Å². The van der Waals surface area contributed by atoms with E-state index in [0.717, 1.165) is 56.9 Å². The topological polar surface area (TPSA) is 41.6 Å². The van der Waals surface area contributed by atoms with Crippen molar-refractivity contribution < 1.29 is 9.53 Å². The highest BCUT2D eigenvalue weighted by Crippen LogP contribution is 2.03. The highest BCUT2D eigenvalue weighted by atomic mass is 16.5. The molecule has 104 valence electrons. The summed E-state index contributed by atoms with van der Waals surface area (Å²) in [5, 5.41) is 2.97. The first-order valence-electron chi connectivity index (χ1n) is 6.91. The summed E-state index contributed by atoms with van der Waals surface area (Å²) >= 11 is 0. The number of nitrogens with zero attached hydrogens (tertiary/aromatic N) is 1. The van der Waals surface area contributed by atoms with Gasteiger partial charge in [-0.05, 0) is 32.0 Å². The van der Waals surface area contributed by atoms with Crippen LogP contribution in [-0.4, -0.2) is 50.2 Å². The number of carbonyl (C=O) groups is 1. The molecule has 0 saturated carbocycles. The second-order valence-corrected chi connectivity index (χ2v) is 4.93. The maximum Gasteiger partial charge on any atom is 0.251 e. The van der Waals surface area contributed by atoms with Gasteiger partial charge in [0.15, 0.2) is 0 Å². The fourth-order valence-electron chi connectivity index (χ4n) is 2.22.